The molecule has 80 valence electrons. The summed E-state index contributed by atoms with van der Waals surface area (Å²) in [5, 5.41) is 0. The van der Waals surface area contributed by atoms with E-state index in [1.807, 2.05) is 19.9 Å². The molecule has 0 saturated heterocycles. The molecule has 0 bridgehead atoms. The maximum Gasteiger partial charge on any atom is 0.269 e. The largest absolute Gasteiger partial charge is 0.412 e. The Bertz CT molecular complexity index is 389. The average Bonchev–Trinajstić information content (AvgIpc) is 1.78. The molecular formula is C9H14O4S. The summed E-state index contributed by atoms with van der Waals surface area (Å²) >= 11 is 0. The van der Waals surface area contributed by atoms with Crippen LogP contribution in [-0.4, -0.2) is 18.4 Å². The summed E-state index contributed by atoms with van der Waals surface area (Å²) in [6, 6.07) is 5.45. The van der Waals surface area contributed by atoms with Crippen molar-refractivity contribution in [1.29, 1.82) is 0 Å². The molecule has 4 nitrogen and oxygen atoms in total. The van der Waals surface area contributed by atoms with Crippen molar-refractivity contribution in [2.75, 3.05) is 0 Å². The molecule has 0 radical (unpaired) electrons. The van der Waals surface area contributed by atoms with Gasteiger partial charge in [-0.05, 0) is 19.4 Å². The zero-order valence-electron chi connectivity index (χ0n) is 8.11. The minimum absolute atomic E-state index is 0. The topological polar surface area (TPSA) is 85.9 Å². The molecule has 1 aromatic rings. The van der Waals surface area contributed by atoms with Gasteiger partial charge in [0.05, 0.1) is 0 Å². The van der Waals surface area contributed by atoms with Gasteiger partial charge in [-0.15, -0.1) is 0 Å². The zero-order chi connectivity index (χ0) is 10.1. The van der Waals surface area contributed by atoms with E-state index in [0.29, 0.717) is 5.56 Å². The standard InChI is InChI=1S/C9H12O3S.H2O/c1-7-3-8(2)5-9(4-7)6-13(10,11)12;/h3-5H,6H2,1-2H3,(H,10,11,12);1H2. The summed E-state index contributed by atoms with van der Waals surface area (Å²) in [6.07, 6.45) is 0. The first kappa shape index (κ1) is 13.1. The molecule has 0 amide bonds. The Morgan fingerprint density at radius 2 is 1.57 bits per heavy atom. The van der Waals surface area contributed by atoms with Crippen molar-refractivity contribution >= 4 is 10.1 Å². The highest BCUT2D eigenvalue weighted by atomic mass is 32.2. The van der Waals surface area contributed by atoms with Gasteiger partial charge in [0.2, 0.25) is 0 Å². The molecule has 0 aliphatic rings. The van der Waals surface area contributed by atoms with Crippen LogP contribution in [-0.2, 0) is 15.9 Å². The van der Waals surface area contributed by atoms with Gasteiger partial charge < -0.3 is 5.48 Å². The third-order valence-electron chi connectivity index (χ3n) is 1.63. The summed E-state index contributed by atoms with van der Waals surface area (Å²) in [6.45, 7) is 3.78. The number of benzene rings is 1. The molecule has 0 heterocycles. The quantitative estimate of drug-likeness (QED) is 0.747. The van der Waals surface area contributed by atoms with E-state index in [2.05, 4.69) is 0 Å². The average molecular weight is 218 g/mol. The lowest BCUT2D eigenvalue weighted by molar-refractivity contribution is 0.482. The third kappa shape index (κ3) is 4.36. The van der Waals surface area contributed by atoms with Gasteiger partial charge in [-0.25, -0.2) is 0 Å². The van der Waals surface area contributed by atoms with Crippen LogP contribution in [0.3, 0.4) is 0 Å². The summed E-state index contributed by atoms with van der Waals surface area (Å²) in [7, 11) is -3.91. The molecule has 0 aliphatic carbocycles. The molecule has 1 rings (SSSR count). The monoisotopic (exact) mass is 218 g/mol. The highest BCUT2D eigenvalue weighted by Gasteiger charge is 2.06. The van der Waals surface area contributed by atoms with Crippen molar-refractivity contribution in [3.63, 3.8) is 0 Å². The van der Waals surface area contributed by atoms with E-state index in [-0.39, 0.29) is 11.2 Å². The van der Waals surface area contributed by atoms with E-state index in [9.17, 15) is 8.42 Å². The third-order valence-corrected chi connectivity index (χ3v) is 2.33. The van der Waals surface area contributed by atoms with Crippen LogP contribution in [0.1, 0.15) is 16.7 Å². The van der Waals surface area contributed by atoms with Crippen molar-refractivity contribution in [1.82, 2.24) is 0 Å². The van der Waals surface area contributed by atoms with Crippen LogP contribution in [0, 0.1) is 13.8 Å². The molecule has 0 fully saturated rings. The summed E-state index contributed by atoms with van der Waals surface area (Å²) in [5.41, 5.74) is 2.62. The van der Waals surface area contributed by atoms with Gasteiger partial charge in [-0.1, -0.05) is 29.3 Å². The van der Waals surface area contributed by atoms with Crippen LogP contribution >= 0.6 is 0 Å². The van der Waals surface area contributed by atoms with Crippen LogP contribution in [0.5, 0.6) is 0 Å². The number of aryl methyl sites for hydroxylation is 2. The van der Waals surface area contributed by atoms with Gasteiger partial charge >= 0.3 is 0 Å². The molecule has 0 atom stereocenters. The second-order valence-corrected chi connectivity index (χ2v) is 4.67. The van der Waals surface area contributed by atoms with Crippen LogP contribution in [0.25, 0.3) is 0 Å². The highest BCUT2D eigenvalue weighted by Crippen LogP contribution is 2.11. The fraction of sp³-hybridized carbons (Fsp3) is 0.333. The SMILES string of the molecule is Cc1cc(C)cc(CS(=O)(=O)O)c1.O. The molecule has 0 aliphatic heterocycles. The maximum absolute atomic E-state index is 10.6. The van der Waals surface area contributed by atoms with Crippen LogP contribution in [0.15, 0.2) is 18.2 Å². The first-order chi connectivity index (χ1) is 5.87. The van der Waals surface area contributed by atoms with Crippen LogP contribution in [0.2, 0.25) is 0 Å². The fourth-order valence-corrected chi connectivity index (χ4v) is 1.95. The second-order valence-electron chi connectivity index (χ2n) is 3.22. The van der Waals surface area contributed by atoms with Crippen molar-refractivity contribution in [3.05, 3.63) is 34.9 Å². The Hall–Kier alpha value is -0.910. The molecule has 1 aromatic carbocycles. The van der Waals surface area contributed by atoms with Crippen molar-refractivity contribution < 1.29 is 18.4 Å². The van der Waals surface area contributed by atoms with Gasteiger partial charge in [-0.3, -0.25) is 4.55 Å². The smallest absolute Gasteiger partial charge is 0.269 e. The molecule has 5 heteroatoms. The lowest BCUT2D eigenvalue weighted by Crippen LogP contribution is -2.01. The lowest BCUT2D eigenvalue weighted by atomic mass is 10.1. The van der Waals surface area contributed by atoms with Gasteiger partial charge in [0.15, 0.2) is 0 Å². The van der Waals surface area contributed by atoms with Crippen LogP contribution in [0.4, 0.5) is 0 Å². The minimum atomic E-state index is -3.91. The Labute approximate surface area is 83.6 Å². The van der Waals surface area contributed by atoms with Gasteiger partial charge in [0.1, 0.15) is 5.75 Å². The van der Waals surface area contributed by atoms with E-state index in [1.54, 1.807) is 12.1 Å². The van der Waals surface area contributed by atoms with E-state index in [4.69, 9.17) is 4.55 Å². The summed E-state index contributed by atoms with van der Waals surface area (Å²) in [4.78, 5) is 0. The first-order valence-electron chi connectivity index (χ1n) is 3.89. The lowest BCUT2D eigenvalue weighted by Gasteiger charge is -2.02. The molecule has 14 heavy (non-hydrogen) atoms. The summed E-state index contributed by atoms with van der Waals surface area (Å²) in [5.74, 6) is -0.310. The zero-order valence-corrected chi connectivity index (χ0v) is 8.93. The molecule has 0 saturated carbocycles. The van der Waals surface area contributed by atoms with Gasteiger partial charge in [0, 0.05) is 0 Å². The highest BCUT2D eigenvalue weighted by molar-refractivity contribution is 7.85. The van der Waals surface area contributed by atoms with Crippen LogP contribution < -0.4 is 0 Å². The molecule has 0 unspecified atom stereocenters. The predicted octanol–water partition coefficient (Wildman–Crippen LogP) is 0.867. The predicted molar refractivity (Wildman–Crippen MR) is 54.8 cm³/mol. The summed E-state index contributed by atoms with van der Waals surface area (Å²) < 4.78 is 29.8. The molecule has 3 N–H and O–H groups in total. The van der Waals surface area contributed by atoms with Crippen molar-refractivity contribution in [3.8, 4) is 0 Å². The van der Waals surface area contributed by atoms with E-state index in [1.165, 1.54) is 0 Å². The first-order valence-corrected chi connectivity index (χ1v) is 5.50. The maximum atomic E-state index is 10.6. The number of hydrogen-bond acceptors (Lipinski definition) is 2. The molecule has 0 spiro atoms. The normalized spacial score (nSPS) is 10.8. The van der Waals surface area contributed by atoms with E-state index >= 15 is 0 Å². The Morgan fingerprint density at radius 1 is 1.14 bits per heavy atom. The van der Waals surface area contributed by atoms with Gasteiger partial charge in [-0.2, -0.15) is 8.42 Å². The second kappa shape index (κ2) is 4.54. The number of hydrogen-bond donors (Lipinski definition) is 1. The van der Waals surface area contributed by atoms with E-state index in [0.717, 1.165) is 11.1 Å². The van der Waals surface area contributed by atoms with Gasteiger partial charge in [0.25, 0.3) is 10.1 Å². The minimum Gasteiger partial charge on any atom is -0.412 e. The van der Waals surface area contributed by atoms with E-state index < -0.39 is 10.1 Å². The molecular weight excluding hydrogens is 204 g/mol. The molecule has 0 aromatic heterocycles. The van der Waals surface area contributed by atoms with Crippen molar-refractivity contribution in [2.24, 2.45) is 0 Å². The Balaban J connectivity index is 0.00000169. The number of rotatable bonds is 2. The fourth-order valence-electron chi connectivity index (χ4n) is 1.36. The Kier molecular flexibility index (Phi) is 4.25. The Morgan fingerprint density at radius 3 is 1.93 bits per heavy atom. The van der Waals surface area contributed by atoms with Crippen molar-refractivity contribution in [2.45, 2.75) is 19.6 Å².